The average Bonchev–Trinajstić information content (AvgIpc) is 2.74. The summed E-state index contributed by atoms with van der Waals surface area (Å²) in [5.41, 5.74) is 2.72. The Labute approximate surface area is 79.7 Å². The van der Waals surface area contributed by atoms with E-state index >= 15 is 0 Å². The zero-order valence-electron chi connectivity index (χ0n) is 7.71. The van der Waals surface area contributed by atoms with Crippen molar-refractivity contribution in [3.05, 3.63) is 11.4 Å². The molecule has 0 aromatic carbocycles. The largest absolute Gasteiger partial charge is 0.447 e. The molecule has 14 heavy (non-hydrogen) atoms. The van der Waals surface area contributed by atoms with Crippen molar-refractivity contribution in [2.75, 3.05) is 0 Å². The van der Waals surface area contributed by atoms with Crippen LogP contribution in [0.25, 0.3) is 11.6 Å². The molecular weight excluding hydrogens is 199 g/mol. The summed E-state index contributed by atoms with van der Waals surface area (Å²) in [5.74, 6) is 1.42. The molecule has 0 amide bonds. The lowest BCUT2D eigenvalue weighted by atomic mass is 10.4. The van der Waals surface area contributed by atoms with Gasteiger partial charge in [0.05, 0.1) is 16.3 Å². The number of aromatic nitrogens is 2. The number of H-pyrrole nitrogens is 1. The molecule has 3 aliphatic rings. The molecule has 0 saturated heterocycles. The maximum absolute atomic E-state index is 11.7. The molecule has 2 aromatic rings. The van der Waals surface area contributed by atoms with E-state index < -0.39 is 7.14 Å². The Morgan fingerprint density at radius 2 is 2.07 bits per heavy atom. The van der Waals surface area contributed by atoms with Crippen molar-refractivity contribution in [3.8, 4) is 11.6 Å². The van der Waals surface area contributed by atoms with Gasteiger partial charge in [-0.25, -0.2) is 4.98 Å². The van der Waals surface area contributed by atoms with E-state index in [-0.39, 0.29) is 0 Å². The van der Waals surface area contributed by atoms with E-state index in [1.807, 2.05) is 13.8 Å². The van der Waals surface area contributed by atoms with Gasteiger partial charge in [-0.05, 0) is 13.8 Å². The van der Waals surface area contributed by atoms with Crippen LogP contribution in [0, 0.1) is 13.8 Å². The molecule has 3 aliphatic heterocycles. The fourth-order valence-corrected chi connectivity index (χ4v) is 4.40. The number of furan rings is 1. The highest BCUT2D eigenvalue weighted by atomic mass is 31.2. The van der Waals surface area contributed by atoms with Crippen molar-refractivity contribution in [3.63, 3.8) is 0 Å². The highest BCUT2D eigenvalue weighted by Gasteiger charge is 2.75. The molecule has 5 rings (SSSR count). The zero-order valence-corrected chi connectivity index (χ0v) is 8.61. The third-order valence-electron chi connectivity index (χ3n) is 3.00. The maximum atomic E-state index is 11.7. The van der Waals surface area contributed by atoms with E-state index in [2.05, 4.69) is 9.97 Å². The Balaban J connectivity index is 1.96. The van der Waals surface area contributed by atoms with Crippen LogP contribution in [0.2, 0.25) is 0 Å². The third-order valence-corrected chi connectivity index (χ3v) is 5.55. The molecule has 1 unspecified atom stereocenters. The molecule has 1 atom stereocenters. The van der Waals surface area contributed by atoms with Gasteiger partial charge in [0.25, 0.3) is 0 Å². The number of aromatic amines is 1. The van der Waals surface area contributed by atoms with Gasteiger partial charge >= 0.3 is 0 Å². The predicted molar refractivity (Wildman–Crippen MR) is 52.3 cm³/mol. The normalized spacial score (nSPS) is 25.0. The topological polar surface area (TPSA) is 58.9 Å². The van der Waals surface area contributed by atoms with Crippen LogP contribution in [0.15, 0.2) is 4.42 Å². The van der Waals surface area contributed by atoms with Crippen LogP contribution in [0.3, 0.4) is 0 Å². The first-order valence-electron chi connectivity index (χ1n) is 4.46. The number of nitrogens with one attached hydrogen (secondary N) is 1. The molecule has 0 fully saturated rings. The van der Waals surface area contributed by atoms with E-state index in [1.54, 1.807) is 0 Å². The Morgan fingerprint density at radius 3 is 2.50 bits per heavy atom. The van der Waals surface area contributed by atoms with Gasteiger partial charge in [0, 0.05) is 5.69 Å². The fourth-order valence-electron chi connectivity index (χ4n) is 1.92. The second-order valence-electron chi connectivity index (χ2n) is 3.84. The van der Waals surface area contributed by atoms with Gasteiger partial charge in [0.2, 0.25) is 7.14 Å². The van der Waals surface area contributed by atoms with Gasteiger partial charge < -0.3 is 14.0 Å². The summed E-state index contributed by atoms with van der Waals surface area (Å²) >= 11 is 0. The molecule has 0 saturated carbocycles. The quantitative estimate of drug-likeness (QED) is 0.463. The van der Waals surface area contributed by atoms with Crippen LogP contribution >= 0.6 is 7.14 Å². The summed E-state index contributed by atoms with van der Waals surface area (Å²) in [6.07, 6.45) is 0. The van der Waals surface area contributed by atoms with Crippen molar-refractivity contribution < 1.29 is 8.98 Å². The van der Waals surface area contributed by atoms with E-state index in [0.717, 1.165) is 33.3 Å². The average molecular weight is 206 g/mol. The SMILES string of the molecule is Cc1nc(-c2oc3c4c2P34=O)[nH]c1C. The van der Waals surface area contributed by atoms with E-state index in [4.69, 9.17) is 4.42 Å². The number of aryl methyl sites for hydroxylation is 2. The predicted octanol–water partition coefficient (Wildman–Crippen LogP) is 0.553. The van der Waals surface area contributed by atoms with Crippen LogP contribution in [0.1, 0.15) is 11.4 Å². The van der Waals surface area contributed by atoms with Gasteiger partial charge in [-0.1, -0.05) is 0 Å². The van der Waals surface area contributed by atoms with Gasteiger partial charge in [0.15, 0.2) is 17.1 Å². The summed E-state index contributed by atoms with van der Waals surface area (Å²) in [4.78, 5) is 7.46. The van der Waals surface area contributed by atoms with Crippen LogP contribution in [0.4, 0.5) is 0 Å². The standard InChI is InChI=1S/C9H7N2O2P/c1-3-4(2)11-8(10-3)5-6-7-9(13-5)14(6,7)12/h1-2H3,(H,10,11). The van der Waals surface area contributed by atoms with E-state index in [1.165, 1.54) is 0 Å². The molecule has 5 heterocycles. The lowest BCUT2D eigenvalue weighted by Gasteiger charge is -1.85. The number of hydrogen-bond acceptors (Lipinski definition) is 3. The van der Waals surface area contributed by atoms with Crippen LogP contribution in [0.5, 0.6) is 0 Å². The first-order chi connectivity index (χ1) is 6.64. The van der Waals surface area contributed by atoms with Crippen LogP contribution in [-0.2, 0) is 4.57 Å². The second kappa shape index (κ2) is 1.63. The first-order valence-corrected chi connectivity index (χ1v) is 6.17. The van der Waals surface area contributed by atoms with Gasteiger partial charge in [-0.3, -0.25) is 0 Å². The Morgan fingerprint density at radius 1 is 1.36 bits per heavy atom. The first kappa shape index (κ1) is 7.07. The Kier molecular flexibility index (Phi) is 0.825. The Hall–Kier alpha value is -1.28. The number of rotatable bonds is 1. The minimum Gasteiger partial charge on any atom is -0.447 e. The highest BCUT2D eigenvalue weighted by Crippen LogP contribution is 2.70. The van der Waals surface area contributed by atoms with Gasteiger partial charge in [0.1, 0.15) is 0 Å². The molecule has 5 heteroatoms. The third kappa shape index (κ3) is 0.506. The van der Waals surface area contributed by atoms with Crippen molar-refractivity contribution in [1.82, 2.24) is 9.97 Å². The minimum absolute atomic E-state index is 0.703. The molecule has 2 bridgehead atoms. The number of fused-ring (bicyclic) bond motifs is 1. The molecule has 0 aliphatic carbocycles. The molecule has 0 radical (unpaired) electrons. The molecule has 1 N–H and O–H groups in total. The Bertz CT molecular complexity index is 622. The van der Waals surface area contributed by atoms with Crippen molar-refractivity contribution in [1.29, 1.82) is 0 Å². The smallest absolute Gasteiger partial charge is 0.214 e. The van der Waals surface area contributed by atoms with Gasteiger partial charge in [-0.15, -0.1) is 0 Å². The molecular formula is C9H7N2O2P. The summed E-state index contributed by atoms with van der Waals surface area (Å²) in [6, 6.07) is 0. The van der Waals surface area contributed by atoms with E-state index in [9.17, 15) is 4.57 Å². The van der Waals surface area contributed by atoms with E-state index in [0.29, 0.717) is 5.76 Å². The van der Waals surface area contributed by atoms with Crippen LogP contribution < -0.4 is 16.1 Å². The second-order valence-corrected chi connectivity index (χ2v) is 6.36. The van der Waals surface area contributed by atoms with Gasteiger partial charge in [-0.2, -0.15) is 0 Å². The summed E-state index contributed by atoms with van der Waals surface area (Å²) < 4.78 is 17.1. The molecule has 4 nitrogen and oxygen atoms in total. The number of hydrogen-bond donors (Lipinski definition) is 1. The monoisotopic (exact) mass is 206 g/mol. The summed E-state index contributed by atoms with van der Waals surface area (Å²) in [5, 5.41) is 1.92. The molecule has 70 valence electrons. The van der Waals surface area contributed by atoms with Crippen molar-refractivity contribution >= 4 is 23.3 Å². The zero-order chi connectivity index (χ0) is 9.66. The fraction of sp³-hybridized carbons (Fsp3) is 0.222. The number of imidazole rings is 1. The number of nitrogens with zero attached hydrogens (tertiary/aromatic N) is 1. The highest BCUT2D eigenvalue weighted by molar-refractivity contribution is 8.06. The maximum Gasteiger partial charge on any atom is 0.214 e. The molecule has 0 spiro atoms. The minimum atomic E-state index is -2.09. The summed E-state index contributed by atoms with van der Waals surface area (Å²) in [6.45, 7) is 3.90. The lowest BCUT2D eigenvalue weighted by Crippen LogP contribution is -1.96. The van der Waals surface area contributed by atoms with Crippen LogP contribution in [-0.4, -0.2) is 9.97 Å². The van der Waals surface area contributed by atoms with Crippen molar-refractivity contribution in [2.24, 2.45) is 0 Å². The van der Waals surface area contributed by atoms with Crippen molar-refractivity contribution in [2.45, 2.75) is 13.8 Å². The lowest BCUT2D eigenvalue weighted by molar-refractivity contribution is 0.590. The summed E-state index contributed by atoms with van der Waals surface area (Å²) in [7, 11) is -2.09. The molecule has 2 aromatic heterocycles.